The molecule has 1 fully saturated rings. The summed E-state index contributed by atoms with van der Waals surface area (Å²) in [5, 5.41) is 25.8. The SMILES string of the molecule is Cn1ccc(OCC(C)(C)O)n1.Cn1cnc(C2=C[C@H]3C[C@@H](O)C[C@H]3C2)c1C(=O)Nc1ccc(F)c(Cl)c1. The molecule has 38 heavy (non-hydrogen) atoms. The van der Waals surface area contributed by atoms with Crippen LogP contribution < -0.4 is 10.1 Å². The Morgan fingerprint density at radius 3 is 2.68 bits per heavy atom. The first kappa shape index (κ1) is 27.8. The van der Waals surface area contributed by atoms with Gasteiger partial charge in [0.25, 0.3) is 5.91 Å². The maximum atomic E-state index is 13.3. The quantitative estimate of drug-likeness (QED) is 0.427. The number of carbonyl (C=O) groups is 1. The number of ether oxygens (including phenoxy) is 1. The number of nitrogens with one attached hydrogen (secondary N) is 1. The second-order valence-corrected chi connectivity index (χ2v) is 10.9. The Labute approximate surface area is 225 Å². The van der Waals surface area contributed by atoms with Crippen LogP contribution in [0.3, 0.4) is 0 Å². The third kappa shape index (κ3) is 6.80. The molecule has 1 saturated carbocycles. The number of imidazole rings is 1. The molecule has 0 radical (unpaired) electrons. The van der Waals surface area contributed by atoms with Gasteiger partial charge in [-0.2, -0.15) is 0 Å². The average Bonchev–Trinajstić information content (AvgIpc) is 3.58. The van der Waals surface area contributed by atoms with Crippen molar-refractivity contribution >= 4 is 28.8 Å². The number of aryl methyl sites for hydroxylation is 2. The van der Waals surface area contributed by atoms with E-state index in [9.17, 15) is 19.4 Å². The van der Waals surface area contributed by atoms with E-state index in [1.54, 1.807) is 48.7 Å². The molecular formula is C27H33ClFN5O4. The second kappa shape index (κ2) is 11.3. The van der Waals surface area contributed by atoms with Crippen LogP contribution in [0.1, 0.15) is 49.3 Å². The van der Waals surface area contributed by atoms with E-state index in [1.165, 1.54) is 18.2 Å². The van der Waals surface area contributed by atoms with Crippen molar-refractivity contribution in [1.29, 1.82) is 0 Å². The molecule has 0 spiro atoms. The Bertz CT molecular complexity index is 1330. The molecule has 11 heteroatoms. The molecule has 0 aliphatic heterocycles. The highest BCUT2D eigenvalue weighted by Gasteiger charge is 2.38. The number of hydrogen-bond donors (Lipinski definition) is 3. The first-order valence-electron chi connectivity index (χ1n) is 12.4. The van der Waals surface area contributed by atoms with Crippen LogP contribution in [-0.4, -0.2) is 53.8 Å². The van der Waals surface area contributed by atoms with Gasteiger partial charge < -0.3 is 24.8 Å². The van der Waals surface area contributed by atoms with Crippen molar-refractivity contribution in [3.8, 4) is 5.88 Å². The molecule has 1 aromatic carbocycles. The van der Waals surface area contributed by atoms with Crippen molar-refractivity contribution in [1.82, 2.24) is 19.3 Å². The number of aliphatic hydroxyl groups excluding tert-OH is 1. The van der Waals surface area contributed by atoms with Crippen LogP contribution in [-0.2, 0) is 14.1 Å². The summed E-state index contributed by atoms with van der Waals surface area (Å²) >= 11 is 5.78. The minimum atomic E-state index is -0.808. The molecule has 3 atom stereocenters. The summed E-state index contributed by atoms with van der Waals surface area (Å²) in [4.78, 5) is 17.2. The molecule has 204 valence electrons. The third-order valence-corrected chi connectivity index (χ3v) is 6.81. The number of hydrogen-bond acceptors (Lipinski definition) is 6. The van der Waals surface area contributed by atoms with Crippen molar-refractivity contribution in [3.05, 3.63) is 65.1 Å². The Kier molecular flexibility index (Phi) is 8.25. The Balaban J connectivity index is 0.000000236. The van der Waals surface area contributed by atoms with E-state index in [0.717, 1.165) is 24.8 Å². The highest BCUT2D eigenvalue weighted by atomic mass is 35.5. The van der Waals surface area contributed by atoms with Crippen molar-refractivity contribution in [2.24, 2.45) is 25.9 Å². The third-order valence-electron chi connectivity index (χ3n) is 6.52. The van der Waals surface area contributed by atoms with Crippen molar-refractivity contribution < 1.29 is 24.1 Å². The molecule has 2 aliphatic rings. The number of halogens is 2. The lowest BCUT2D eigenvalue weighted by Gasteiger charge is -2.16. The normalized spacial score (nSPS) is 20.4. The summed E-state index contributed by atoms with van der Waals surface area (Å²) in [5.74, 6) is 0.471. The van der Waals surface area contributed by atoms with Gasteiger partial charge in [0.05, 0.1) is 28.7 Å². The number of aliphatic hydroxyl groups is 2. The summed E-state index contributed by atoms with van der Waals surface area (Å²) in [5.41, 5.74) is 1.79. The van der Waals surface area contributed by atoms with E-state index < -0.39 is 11.4 Å². The minimum Gasteiger partial charge on any atom is -0.474 e. The maximum Gasteiger partial charge on any atom is 0.274 e. The van der Waals surface area contributed by atoms with Crippen LogP contribution in [0.2, 0.25) is 5.02 Å². The first-order chi connectivity index (χ1) is 17.9. The van der Waals surface area contributed by atoms with Gasteiger partial charge in [-0.1, -0.05) is 17.7 Å². The molecule has 2 aromatic heterocycles. The zero-order valence-corrected chi connectivity index (χ0v) is 22.6. The number of aromatic nitrogens is 4. The van der Waals surface area contributed by atoms with Crippen molar-refractivity contribution in [2.45, 2.75) is 44.8 Å². The molecule has 0 saturated heterocycles. The fourth-order valence-corrected chi connectivity index (χ4v) is 4.95. The number of rotatable bonds is 6. The molecule has 2 aliphatic carbocycles. The largest absolute Gasteiger partial charge is 0.474 e. The molecule has 5 rings (SSSR count). The minimum absolute atomic E-state index is 0.0436. The number of amides is 1. The summed E-state index contributed by atoms with van der Waals surface area (Å²) in [6.45, 7) is 3.63. The van der Waals surface area contributed by atoms with Crippen LogP contribution in [0.5, 0.6) is 5.88 Å². The number of carbonyl (C=O) groups excluding carboxylic acids is 1. The van der Waals surface area contributed by atoms with Gasteiger partial charge in [-0.05, 0) is 68.7 Å². The number of nitrogens with zero attached hydrogens (tertiary/aromatic N) is 4. The predicted molar refractivity (Wildman–Crippen MR) is 142 cm³/mol. The predicted octanol–water partition coefficient (Wildman–Crippen LogP) is 4.21. The van der Waals surface area contributed by atoms with E-state index in [4.69, 9.17) is 16.3 Å². The Morgan fingerprint density at radius 2 is 2.05 bits per heavy atom. The fraction of sp³-hybridized carbons (Fsp3) is 0.444. The van der Waals surface area contributed by atoms with Gasteiger partial charge in [0.1, 0.15) is 18.1 Å². The van der Waals surface area contributed by atoms with Crippen LogP contribution in [0.4, 0.5) is 10.1 Å². The topological polar surface area (TPSA) is 114 Å². The van der Waals surface area contributed by atoms with Gasteiger partial charge in [0.2, 0.25) is 5.88 Å². The number of anilines is 1. The van der Waals surface area contributed by atoms with Crippen molar-refractivity contribution in [3.63, 3.8) is 0 Å². The highest BCUT2D eigenvalue weighted by Crippen LogP contribution is 2.46. The molecular weight excluding hydrogens is 513 g/mol. The Hall–Kier alpha value is -3.21. The number of benzene rings is 1. The smallest absolute Gasteiger partial charge is 0.274 e. The first-order valence-corrected chi connectivity index (χ1v) is 12.8. The van der Waals surface area contributed by atoms with Crippen LogP contribution >= 0.6 is 11.6 Å². The monoisotopic (exact) mass is 545 g/mol. The molecule has 0 unspecified atom stereocenters. The maximum absolute atomic E-state index is 13.3. The summed E-state index contributed by atoms with van der Waals surface area (Å²) in [6, 6.07) is 5.82. The molecule has 1 amide bonds. The van der Waals surface area contributed by atoms with Crippen LogP contribution in [0, 0.1) is 17.7 Å². The lowest BCUT2D eigenvalue weighted by Crippen LogP contribution is -2.27. The zero-order valence-electron chi connectivity index (χ0n) is 21.9. The zero-order chi connectivity index (χ0) is 27.6. The molecule has 0 bridgehead atoms. The fourth-order valence-electron chi connectivity index (χ4n) is 4.77. The van der Waals surface area contributed by atoms with Gasteiger partial charge in [-0.25, -0.2) is 9.37 Å². The summed E-state index contributed by atoms with van der Waals surface area (Å²) in [6.07, 6.45) is 7.73. The van der Waals surface area contributed by atoms with Crippen LogP contribution in [0.15, 0.2) is 42.9 Å². The van der Waals surface area contributed by atoms with Gasteiger partial charge in [-0.15, -0.1) is 5.10 Å². The molecule has 9 nitrogen and oxygen atoms in total. The van der Waals surface area contributed by atoms with Crippen molar-refractivity contribution in [2.75, 3.05) is 11.9 Å². The van der Waals surface area contributed by atoms with E-state index in [2.05, 4.69) is 21.5 Å². The van der Waals surface area contributed by atoms with E-state index in [-0.39, 0.29) is 23.6 Å². The standard InChI is InChI=1S/C19H19ClFN3O2.C8H14N2O2/c1-24-9-22-17(12-4-10-6-14(25)7-11(10)5-12)18(24)19(26)23-13-2-3-16(21)15(20)8-13;1-8(2,11)6-12-7-4-5-10(3)9-7/h2-4,8-11,14,25H,5-7H2,1H3,(H,23,26);4-5,11H,6H2,1-3H3/t10-,11+,14+;/m0./s1. The van der Waals surface area contributed by atoms with Gasteiger partial charge >= 0.3 is 0 Å². The number of fused-ring (bicyclic) bond motifs is 1. The van der Waals surface area contributed by atoms with E-state index in [1.807, 2.05) is 7.05 Å². The molecule has 3 N–H and O–H groups in total. The van der Waals surface area contributed by atoms with Gasteiger partial charge in [0.15, 0.2) is 0 Å². The van der Waals surface area contributed by atoms with Gasteiger partial charge in [0, 0.05) is 32.0 Å². The van der Waals surface area contributed by atoms with E-state index in [0.29, 0.717) is 34.8 Å². The summed E-state index contributed by atoms with van der Waals surface area (Å²) < 4.78 is 21.8. The molecule has 2 heterocycles. The van der Waals surface area contributed by atoms with E-state index >= 15 is 0 Å². The number of allylic oxidation sites excluding steroid dienone is 2. The summed E-state index contributed by atoms with van der Waals surface area (Å²) in [7, 11) is 3.58. The average molecular weight is 546 g/mol. The molecule has 3 aromatic rings. The second-order valence-electron chi connectivity index (χ2n) is 10.5. The highest BCUT2D eigenvalue weighted by molar-refractivity contribution is 6.31. The van der Waals surface area contributed by atoms with Gasteiger partial charge in [-0.3, -0.25) is 9.48 Å². The van der Waals surface area contributed by atoms with Crippen LogP contribution in [0.25, 0.3) is 5.57 Å². The Morgan fingerprint density at radius 1 is 1.29 bits per heavy atom. The lowest BCUT2D eigenvalue weighted by atomic mass is 9.99. The lowest BCUT2D eigenvalue weighted by molar-refractivity contribution is 0.0266.